The average Bonchev–Trinajstić information content (AvgIpc) is 2.37. The number of hydrogen-bond donors (Lipinski definition) is 2. The molecule has 0 aliphatic heterocycles. The van der Waals surface area contributed by atoms with Crippen LogP contribution in [0.1, 0.15) is 25.8 Å². The predicted molar refractivity (Wildman–Crippen MR) is 80.7 cm³/mol. The zero-order valence-electron chi connectivity index (χ0n) is 12.4. The standard InChI is InChI=1S/C15H20ClNO4/c1-9(2)6-14(18)17-12(15(19)20)8-10-4-5-13(21-3)11(16)7-10/h4-5,7,9,12H,6,8H2,1-3H3,(H,17,18)(H,19,20)/t12-/m0/s1. The molecule has 116 valence electrons. The van der Waals surface area contributed by atoms with Crippen molar-refractivity contribution in [3.05, 3.63) is 28.8 Å². The summed E-state index contributed by atoms with van der Waals surface area (Å²) in [4.78, 5) is 23.0. The Hall–Kier alpha value is -1.75. The van der Waals surface area contributed by atoms with Crippen LogP contribution in [0.15, 0.2) is 18.2 Å². The molecule has 1 atom stereocenters. The minimum Gasteiger partial charge on any atom is -0.495 e. The highest BCUT2D eigenvalue weighted by atomic mass is 35.5. The van der Waals surface area contributed by atoms with Gasteiger partial charge in [-0.05, 0) is 23.6 Å². The van der Waals surface area contributed by atoms with E-state index in [9.17, 15) is 14.7 Å². The van der Waals surface area contributed by atoms with Crippen LogP contribution >= 0.6 is 11.6 Å². The summed E-state index contributed by atoms with van der Waals surface area (Å²) in [6.45, 7) is 3.80. The van der Waals surface area contributed by atoms with Crippen molar-refractivity contribution in [1.29, 1.82) is 0 Å². The molecule has 0 aliphatic rings. The van der Waals surface area contributed by atoms with Crippen LogP contribution in [-0.2, 0) is 16.0 Å². The fourth-order valence-corrected chi connectivity index (χ4v) is 2.18. The lowest BCUT2D eigenvalue weighted by Crippen LogP contribution is -2.42. The minimum atomic E-state index is -1.07. The van der Waals surface area contributed by atoms with Crippen molar-refractivity contribution in [2.45, 2.75) is 32.7 Å². The van der Waals surface area contributed by atoms with E-state index in [0.29, 0.717) is 17.2 Å². The summed E-state index contributed by atoms with van der Waals surface area (Å²) < 4.78 is 5.04. The summed E-state index contributed by atoms with van der Waals surface area (Å²) in [5.41, 5.74) is 0.720. The first-order valence-corrected chi connectivity index (χ1v) is 7.05. The second-order valence-corrected chi connectivity index (χ2v) is 5.64. The van der Waals surface area contributed by atoms with Crippen LogP contribution in [-0.4, -0.2) is 30.1 Å². The van der Waals surface area contributed by atoms with E-state index >= 15 is 0 Å². The summed E-state index contributed by atoms with van der Waals surface area (Å²) >= 11 is 6.01. The number of hydrogen-bond acceptors (Lipinski definition) is 3. The molecule has 0 unspecified atom stereocenters. The SMILES string of the molecule is COc1ccc(C[C@H](NC(=O)CC(C)C)C(=O)O)cc1Cl. The monoisotopic (exact) mass is 313 g/mol. The maximum atomic E-state index is 11.7. The van der Waals surface area contributed by atoms with Crippen molar-refractivity contribution in [1.82, 2.24) is 5.32 Å². The van der Waals surface area contributed by atoms with Gasteiger partial charge in [0.05, 0.1) is 12.1 Å². The van der Waals surface area contributed by atoms with Gasteiger partial charge in [0, 0.05) is 12.8 Å². The third kappa shape index (κ3) is 5.63. The Morgan fingerprint density at radius 1 is 1.38 bits per heavy atom. The van der Waals surface area contributed by atoms with E-state index in [0.717, 1.165) is 5.56 Å². The molecule has 1 aromatic carbocycles. The number of ether oxygens (including phenoxy) is 1. The maximum Gasteiger partial charge on any atom is 0.326 e. The molecule has 1 aromatic rings. The van der Waals surface area contributed by atoms with Crippen molar-refractivity contribution < 1.29 is 19.4 Å². The van der Waals surface area contributed by atoms with Gasteiger partial charge in [-0.1, -0.05) is 31.5 Å². The van der Waals surface area contributed by atoms with Crippen LogP contribution in [0.25, 0.3) is 0 Å². The molecule has 0 fully saturated rings. The predicted octanol–water partition coefficient (Wildman–Crippen LogP) is 2.51. The number of carbonyl (C=O) groups excluding carboxylic acids is 1. The molecule has 1 amide bonds. The van der Waals surface area contributed by atoms with E-state index in [2.05, 4.69) is 5.32 Å². The van der Waals surface area contributed by atoms with E-state index in [1.165, 1.54) is 7.11 Å². The number of amides is 1. The number of benzene rings is 1. The highest BCUT2D eigenvalue weighted by molar-refractivity contribution is 6.32. The molecule has 0 aliphatic carbocycles. The Morgan fingerprint density at radius 3 is 2.52 bits per heavy atom. The molecule has 1 rings (SSSR count). The highest BCUT2D eigenvalue weighted by Gasteiger charge is 2.21. The van der Waals surface area contributed by atoms with Gasteiger partial charge in [0.1, 0.15) is 11.8 Å². The van der Waals surface area contributed by atoms with Crippen molar-refractivity contribution in [3.8, 4) is 5.75 Å². The molecule has 5 nitrogen and oxygen atoms in total. The van der Waals surface area contributed by atoms with Gasteiger partial charge in [-0.15, -0.1) is 0 Å². The Labute approximate surface area is 129 Å². The lowest BCUT2D eigenvalue weighted by atomic mass is 10.0. The fraction of sp³-hybridized carbons (Fsp3) is 0.467. The Bertz CT molecular complexity index is 516. The van der Waals surface area contributed by atoms with E-state index in [1.54, 1.807) is 18.2 Å². The smallest absolute Gasteiger partial charge is 0.326 e. The third-order valence-corrected chi connectivity index (χ3v) is 3.18. The zero-order valence-corrected chi connectivity index (χ0v) is 13.1. The summed E-state index contributed by atoms with van der Waals surface area (Å²) in [7, 11) is 1.51. The topological polar surface area (TPSA) is 75.6 Å². The van der Waals surface area contributed by atoms with Crippen LogP contribution in [0.4, 0.5) is 0 Å². The van der Waals surface area contributed by atoms with Crippen molar-refractivity contribution in [3.63, 3.8) is 0 Å². The van der Waals surface area contributed by atoms with Gasteiger partial charge in [0.25, 0.3) is 0 Å². The number of carboxylic acid groups (broad SMARTS) is 1. The molecule has 2 N–H and O–H groups in total. The number of nitrogens with one attached hydrogen (secondary N) is 1. The van der Waals surface area contributed by atoms with Crippen molar-refractivity contribution in [2.24, 2.45) is 5.92 Å². The first-order valence-electron chi connectivity index (χ1n) is 6.68. The minimum absolute atomic E-state index is 0.170. The van der Waals surface area contributed by atoms with Crippen LogP contribution in [0.3, 0.4) is 0 Å². The maximum absolute atomic E-state index is 11.7. The Balaban J connectivity index is 2.77. The fourth-order valence-electron chi connectivity index (χ4n) is 1.90. The van der Waals surface area contributed by atoms with Crippen LogP contribution < -0.4 is 10.1 Å². The molecule has 21 heavy (non-hydrogen) atoms. The first kappa shape index (κ1) is 17.3. The van der Waals surface area contributed by atoms with Crippen LogP contribution in [0.2, 0.25) is 5.02 Å². The normalized spacial score (nSPS) is 12.0. The molecule has 6 heteroatoms. The number of methoxy groups -OCH3 is 1. The number of carboxylic acids is 1. The second-order valence-electron chi connectivity index (χ2n) is 5.23. The quantitative estimate of drug-likeness (QED) is 0.811. The van der Waals surface area contributed by atoms with Crippen LogP contribution in [0, 0.1) is 5.92 Å². The van der Waals surface area contributed by atoms with Crippen molar-refractivity contribution >= 4 is 23.5 Å². The number of rotatable bonds is 7. The highest BCUT2D eigenvalue weighted by Crippen LogP contribution is 2.25. The summed E-state index contributed by atoms with van der Waals surface area (Å²) in [5, 5.41) is 12.2. The van der Waals surface area contributed by atoms with Gasteiger partial charge < -0.3 is 15.2 Å². The molecule has 0 heterocycles. The number of carbonyl (C=O) groups is 2. The van der Waals surface area contributed by atoms with Gasteiger partial charge in [-0.2, -0.15) is 0 Å². The lowest BCUT2D eigenvalue weighted by Gasteiger charge is -2.16. The molecule has 0 bridgehead atoms. The van der Waals surface area contributed by atoms with Gasteiger partial charge in [0.15, 0.2) is 0 Å². The third-order valence-electron chi connectivity index (χ3n) is 2.88. The largest absolute Gasteiger partial charge is 0.495 e. The molecule has 0 aromatic heterocycles. The molecule has 0 spiro atoms. The van der Waals surface area contributed by atoms with Crippen LogP contribution in [0.5, 0.6) is 5.75 Å². The molecule has 0 saturated heterocycles. The van der Waals surface area contributed by atoms with E-state index < -0.39 is 12.0 Å². The lowest BCUT2D eigenvalue weighted by molar-refractivity contribution is -0.141. The van der Waals surface area contributed by atoms with Gasteiger partial charge in [-0.25, -0.2) is 4.79 Å². The van der Waals surface area contributed by atoms with Crippen molar-refractivity contribution in [2.75, 3.05) is 7.11 Å². The second kappa shape index (κ2) is 7.88. The Kier molecular flexibility index (Phi) is 6.49. The van der Waals surface area contributed by atoms with E-state index in [1.807, 2.05) is 13.8 Å². The average molecular weight is 314 g/mol. The molecular formula is C15H20ClNO4. The molecule has 0 radical (unpaired) electrons. The first-order chi connectivity index (χ1) is 9.83. The number of aliphatic carboxylic acids is 1. The summed E-state index contributed by atoms with van der Waals surface area (Å²) in [5.74, 6) is -0.637. The van der Waals surface area contributed by atoms with E-state index in [-0.39, 0.29) is 18.2 Å². The zero-order chi connectivity index (χ0) is 16.0. The molecule has 0 saturated carbocycles. The van der Waals surface area contributed by atoms with E-state index in [4.69, 9.17) is 16.3 Å². The summed E-state index contributed by atoms with van der Waals surface area (Å²) in [6.07, 6.45) is 0.468. The van der Waals surface area contributed by atoms with Gasteiger partial charge >= 0.3 is 5.97 Å². The summed E-state index contributed by atoms with van der Waals surface area (Å²) in [6, 6.07) is 4.08. The van der Waals surface area contributed by atoms with Gasteiger partial charge in [-0.3, -0.25) is 4.79 Å². The van der Waals surface area contributed by atoms with Gasteiger partial charge in [0.2, 0.25) is 5.91 Å². The Morgan fingerprint density at radius 2 is 2.05 bits per heavy atom. The number of halogens is 1. The molecular weight excluding hydrogens is 294 g/mol.